The van der Waals surface area contributed by atoms with Gasteiger partial charge in [-0.1, -0.05) is 11.6 Å². The smallest absolute Gasteiger partial charge is 0.398 e. The van der Waals surface area contributed by atoms with Gasteiger partial charge in [-0.25, -0.2) is 4.79 Å². The van der Waals surface area contributed by atoms with E-state index in [4.69, 9.17) is 17.3 Å². The van der Waals surface area contributed by atoms with Crippen molar-refractivity contribution in [3.8, 4) is 0 Å². The Morgan fingerprint density at radius 1 is 1.44 bits per heavy atom. The first-order valence-electron chi connectivity index (χ1n) is 4.86. The second-order valence-corrected chi connectivity index (χ2v) is 4.02. The zero-order valence-corrected chi connectivity index (χ0v) is 10.1. The van der Waals surface area contributed by atoms with Crippen LogP contribution in [0, 0.1) is 6.92 Å². The summed E-state index contributed by atoms with van der Waals surface area (Å²) in [5.41, 5.74) is 6.75. The highest BCUT2D eigenvalue weighted by atomic mass is 35.5. The first-order valence-corrected chi connectivity index (χ1v) is 5.24. The Bertz CT molecular complexity index is 462. The number of anilines is 2. The number of carbonyl (C=O) groups excluding carboxylic acids is 1. The molecule has 18 heavy (non-hydrogen) atoms. The fourth-order valence-electron chi connectivity index (χ4n) is 1.19. The van der Waals surface area contributed by atoms with Gasteiger partial charge in [-0.3, -0.25) is 0 Å². The standard InChI is InChI=1S/C10H11ClF3N3O/c1-5-2-7(15)6(11)3-8(5)17-9(18)16-4-10(12,13)14/h2-3H,4,15H2,1H3,(H2,16,17,18). The zero-order chi connectivity index (χ0) is 13.9. The minimum Gasteiger partial charge on any atom is -0.398 e. The van der Waals surface area contributed by atoms with Crippen LogP contribution < -0.4 is 16.4 Å². The van der Waals surface area contributed by atoms with Crippen molar-refractivity contribution in [3.05, 3.63) is 22.7 Å². The Hall–Kier alpha value is -1.63. The molecule has 0 aliphatic heterocycles. The molecule has 0 saturated carbocycles. The molecular formula is C10H11ClF3N3O. The Morgan fingerprint density at radius 3 is 2.61 bits per heavy atom. The van der Waals surface area contributed by atoms with Gasteiger partial charge in [0.05, 0.1) is 10.7 Å². The summed E-state index contributed by atoms with van der Waals surface area (Å²) < 4.78 is 35.6. The van der Waals surface area contributed by atoms with Crippen molar-refractivity contribution in [1.29, 1.82) is 0 Å². The summed E-state index contributed by atoms with van der Waals surface area (Å²) in [5.74, 6) is 0. The third-order valence-corrected chi connectivity index (χ3v) is 2.37. The normalized spacial score (nSPS) is 11.2. The van der Waals surface area contributed by atoms with Crippen molar-refractivity contribution in [1.82, 2.24) is 5.32 Å². The second kappa shape index (κ2) is 5.34. The molecule has 1 rings (SSSR count). The lowest BCUT2D eigenvalue weighted by molar-refractivity contribution is -0.122. The van der Waals surface area contributed by atoms with E-state index in [0.717, 1.165) is 0 Å². The number of hydrogen-bond acceptors (Lipinski definition) is 2. The Morgan fingerprint density at radius 2 is 2.06 bits per heavy atom. The number of alkyl halides is 3. The molecule has 0 atom stereocenters. The van der Waals surface area contributed by atoms with Gasteiger partial charge < -0.3 is 16.4 Å². The Labute approximate surface area is 106 Å². The highest BCUT2D eigenvalue weighted by Crippen LogP contribution is 2.26. The molecule has 0 heterocycles. The van der Waals surface area contributed by atoms with E-state index in [0.29, 0.717) is 16.9 Å². The summed E-state index contributed by atoms with van der Waals surface area (Å²) in [6.45, 7) is 0.243. The number of hydrogen-bond donors (Lipinski definition) is 3. The maximum absolute atomic E-state index is 11.9. The summed E-state index contributed by atoms with van der Waals surface area (Å²) in [6.07, 6.45) is -4.45. The van der Waals surface area contributed by atoms with Gasteiger partial charge in [0.2, 0.25) is 0 Å². The molecule has 2 amide bonds. The fourth-order valence-corrected chi connectivity index (χ4v) is 1.35. The monoisotopic (exact) mass is 281 g/mol. The van der Waals surface area contributed by atoms with Crippen LogP contribution in [0.5, 0.6) is 0 Å². The van der Waals surface area contributed by atoms with E-state index >= 15 is 0 Å². The zero-order valence-electron chi connectivity index (χ0n) is 9.36. The molecular weight excluding hydrogens is 271 g/mol. The van der Waals surface area contributed by atoms with Crippen molar-refractivity contribution in [3.63, 3.8) is 0 Å². The molecule has 4 N–H and O–H groups in total. The van der Waals surface area contributed by atoms with Gasteiger partial charge in [-0.05, 0) is 24.6 Å². The molecule has 0 spiro atoms. The van der Waals surface area contributed by atoms with Crippen molar-refractivity contribution in [2.75, 3.05) is 17.6 Å². The average molecular weight is 282 g/mol. The number of nitrogen functional groups attached to an aromatic ring is 1. The summed E-state index contributed by atoms with van der Waals surface area (Å²) >= 11 is 5.74. The number of nitrogens with two attached hydrogens (primary N) is 1. The Balaban J connectivity index is 2.68. The van der Waals surface area contributed by atoms with Gasteiger partial charge in [0.15, 0.2) is 0 Å². The molecule has 0 radical (unpaired) electrons. The van der Waals surface area contributed by atoms with Gasteiger partial charge in [-0.2, -0.15) is 13.2 Å². The van der Waals surface area contributed by atoms with Crippen LogP contribution in [0.2, 0.25) is 5.02 Å². The third-order valence-electron chi connectivity index (χ3n) is 2.04. The van der Waals surface area contributed by atoms with Crippen LogP contribution in [-0.4, -0.2) is 18.8 Å². The molecule has 0 aliphatic rings. The van der Waals surface area contributed by atoms with Crippen LogP contribution in [0.4, 0.5) is 29.3 Å². The number of carbonyl (C=O) groups is 1. The molecule has 8 heteroatoms. The van der Waals surface area contributed by atoms with Gasteiger partial charge in [0.1, 0.15) is 6.54 Å². The molecule has 0 aliphatic carbocycles. The van der Waals surface area contributed by atoms with E-state index in [1.807, 2.05) is 0 Å². The van der Waals surface area contributed by atoms with E-state index < -0.39 is 18.8 Å². The largest absolute Gasteiger partial charge is 0.405 e. The van der Waals surface area contributed by atoms with Crippen molar-refractivity contribution < 1.29 is 18.0 Å². The van der Waals surface area contributed by atoms with Crippen LogP contribution >= 0.6 is 11.6 Å². The first-order chi connectivity index (χ1) is 8.19. The number of halogens is 4. The lowest BCUT2D eigenvalue weighted by atomic mass is 10.2. The van der Waals surface area contributed by atoms with Gasteiger partial charge >= 0.3 is 12.2 Å². The predicted octanol–water partition coefficient (Wildman–Crippen LogP) is 2.91. The molecule has 0 fully saturated rings. The van der Waals surface area contributed by atoms with E-state index in [1.165, 1.54) is 12.1 Å². The molecule has 0 bridgehead atoms. The quantitative estimate of drug-likeness (QED) is 0.730. The van der Waals surface area contributed by atoms with Gasteiger partial charge in [-0.15, -0.1) is 0 Å². The summed E-state index contributed by atoms with van der Waals surface area (Å²) in [7, 11) is 0. The molecule has 0 saturated heterocycles. The Kier molecular flexibility index (Phi) is 4.28. The number of nitrogens with one attached hydrogen (secondary N) is 2. The van der Waals surface area contributed by atoms with E-state index in [9.17, 15) is 18.0 Å². The first kappa shape index (κ1) is 14.4. The fraction of sp³-hybridized carbons (Fsp3) is 0.300. The van der Waals surface area contributed by atoms with Crippen molar-refractivity contribution in [2.24, 2.45) is 0 Å². The van der Waals surface area contributed by atoms with E-state index in [1.54, 1.807) is 12.2 Å². The minimum atomic E-state index is -4.45. The SMILES string of the molecule is Cc1cc(N)c(Cl)cc1NC(=O)NCC(F)(F)F. The molecule has 1 aromatic rings. The minimum absolute atomic E-state index is 0.215. The van der Waals surface area contributed by atoms with Crippen LogP contribution in [0.15, 0.2) is 12.1 Å². The second-order valence-electron chi connectivity index (χ2n) is 3.61. The van der Waals surface area contributed by atoms with Crippen molar-refractivity contribution in [2.45, 2.75) is 13.1 Å². The molecule has 1 aromatic carbocycles. The van der Waals surface area contributed by atoms with E-state index in [-0.39, 0.29) is 5.02 Å². The van der Waals surface area contributed by atoms with Gasteiger partial charge in [0.25, 0.3) is 0 Å². The summed E-state index contributed by atoms with van der Waals surface area (Å²) in [4.78, 5) is 11.2. The average Bonchev–Trinajstić information content (AvgIpc) is 2.22. The lowest BCUT2D eigenvalue weighted by Gasteiger charge is -2.12. The van der Waals surface area contributed by atoms with E-state index in [2.05, 4.69) is 5.32 Å². The van der Waals surface area contributed by atoms with Crippen molar-refractivity contribution >= 4 is 29.0 Å². The molecule has 100 valence electrons. The summed E-state index contributed by atoms with van der Waals surface area (Å²) in [6, 6.07) is 1.93. The number of rotatable bonds is 2. The van der Waals surface area contributed by atoms with Crippen LogP contribution in [0.1, 0.15) is 5.56 Å². The number of aryl methyl sites for hydroxylation is 1. The number of urea groups is 1. The topological polar surface area (TPSA) is 67.1 Å². The maximum atomic E-state index is 11.9. The van der Waals surface area contributed by atoms with Crippen LogP contribution in [0.25, 0.3) is 0 Å². The van der Waals surface area contributed by atoms with Gasteiger partial charge in [0, 0.05) is 5.69 Å². The molecule has 0 aromatic heterocycles. The third kappa shape index (κ3) is 4.33. The van der Waals surface area contributed by atoms with Crippen LogP contribution in [0.3, 0.4) is 0 Å². The molecule has 4 nitrogen and oxygen atoms in total. The van der Waals surface area contributed by atoms with Crippen LogP contribution in [-0.2, 0) is 0 Å². The highest BCUT2D eigenvalue weighted by molar-refractivity contribution is 6.33. The number of benzene rings is 1. The maximum Gasteiger partial charge on any atom is 0.405 e. The highest BCUT2D eigenvalue weighted by Gasteiger charge is 2.27. The number of amides is 2. The molecule has 0 unspecified atom stereocenters. The lowest BCUT2D eigenvalue weighted by Crippen LogP contribution is -2.36. The summed E-state index contributed by atoms with van der Waals surface area (Å²) in [5, 5.41) is 4.16. The predicted molar refractivity (Wildman–Crippen MR) is 63.7 cm³/mol.